The van der Waals surface area contributed by atoms with Gasteiger partial charge in [0.15, 0.2) is 0 Å². The third-order valence-electron chi connectivity index (χ3n) is 10.8. The molecule has 0 atom stereocenters. The van der Waals surface area contributed by atoms with Crippen LogP contribution in [0.5, 0.6) is 0 Å². The number of hydrogen-bond acceptors (Lipinski definition) is 2. The highest BCUT2D eigenvalue weighted by Crippen LogP contribution is 2.47. The number of anilines is 3. The predicted molar refractivity (Wildman–Crippen MR) is 215 cm³/mol. The smallest absolute Gasteiger partial charge is 0.0789 e. The average molecular weight is 654 g/mol. The lowest BCUT2D eigenvalue weighted by Gasteiger charge is -2.27. The minimum absolute atomic E-state index is 1.12. The van der Waals surface area contributed by atoms with E-state index in [-0.39, 0.29) is 0 Å². The van der Waals surface area contributed by atoms with Crippen molar-refractivity contribution in [1.82, 2.24) is 8.80 Å². The molecular weight excluding hydrogens is 627 g/mol. The van der Waals surface area contributed by atoms with Gasteiger partial charge in [-0.15, -0.1) is 11.3 Å². The van der Waals surface area contributed by atoms with Crippen molar-refractivity contribution in [2.45, 2.75) is 0 Å². The van der Waals surface area contributed by atoms with Crippen LogP contribution in [0.1, 0.15) is 0 Å². The Balaban J connectivity index is 1.25. The fraction of sp³-hybridized carbons (Fsp3) is 0. The van der Waals surface area contributed by atoms with Crippen molar-refractivity contribution in [2.75, 3.05) is 4.90 Å². The van der Waals surface area contributed by atoms with Crippen LogP contribution in [0.15, 0.2) is 164 Å². The van der Waals surface area contributed by atoms with Crippen LogP contribution >= 0.6 is 11.3 Å². The highest BCUT2D eigenvalue weighted by Gasteiger charge is 2.24. The summed E-state index contributed by atoms with van der Waals surface area (Å²) in [4.78, 5) is 2.47. The third-order valence-corrected chi connectivity index (χ3v) is 11.9. The number of benzene rings is 8. The van der Waals surface area contributed by atoms with Gasteiger partial charge in [-0.1, -0.05) is 103 Å². The van der Waals surface area contributed by atoms with E-state index in [2.05, 4.69) is 177 Å². The van der Waals surface area contributed by atoms with E-state index in [4.69, 9.17) is 0 Å². The van der Waals surface area contributed by atoms with E-state index >= 15 is 0 Å². The van der Waals surface area contributed by atoms with E-state index in [0.29, 0.717) is 0 Å². The monoisotopic (exact) mass is 653 g/mol. The SMILES string of the molecule is c1ccc2cc(N(c3ccc4c(c3)n3c5ccccc5c5ccc6c7ccccc7n4c6c53)c3cccc4sc5ccccc5c34)ccc2c1. The fourth-order valence-corrected chi connectivity index (χ4v) is 9.83. The van der Waals surface area contributed by atoms with Crippen molar-refractivity contribution in [3.05, 3.63) is 164 Å². The van der Waals surface area contributed by atoms with Crippen LogP contribution in [0.3, 0.4) is 0 Å². The Labute approximate surface area is 290 Å². The van der Waals surface area contributed by atoms with E-state index in [1.807, 2.05) is 11.3 Å². The lowest BCUT2D eigenvalue weighted by molar-refractivity contribution is 1.24. The molecule has 0 saturated heterocycles. The molecule has 0 spiro atoms. The van der Waals surface area contributed by atoms with Crippen LogP contribution in [0, 0.1) is 0 Å². The first kappa shape index (κ1) is 26.6. The zero-order valence-electron chi connectivity index (χ0n) is 26.8. The summed E-state index contributed by atoms with van der Waals surface area (Å²) in [6, 6.07) is 60.5. The first-order valence-electron chi connectivity index (χ1n) is 17.1. The van der Waals surface area contributed by atoms with Crippen molar-refractivity contribution < 1.29 is 0 Å². The zero-order valence-corrected chi connectivity index (χ0v) is 27.7. The molecule has 0 unspecified atom stereocenters. The Hall–Kier alpha value is -6.36. The van der Waals surface area contributed by atoms with E-state index in [9.17, 15) is 0 Å². The van der Waals surface area contributed by atoms with Gasteiger partial charge >= 0.3 is 0 Å². The molecule has 4 heterocycles. The molecule has 0 aliphatic rings. The molecule has 3 nitrogen and oxygen atoms in total. The van der Waals surface area contributed by atoms with Gasteiger partial charge in [0.1, 0.15) is 0 Å². The molecule has 0 bridgehead atoms. The number of hydrogen-bond donors (Lipinski definition) is 0. The van der Waals surface area contributed by atoms with Crippen molar-refractivity contribution in [1.29, 1.82) is 0 Å². The van der Waals surface area contributed by atoms with Crippen molar-refractivity contribution >= 4 is 114 Å². The minimum Gasteiger partial charge on any atom is -0.310 e. The minimum atomic E-state index is 1.12. The first-order chi connectivity index (χ1) is 24.8. The zero-order chi connectivity index (χ0) is 32.5. The highest BCUT2D eigenvalue weighted by molar-refractivity contribution is 7.26. The molecule has 0 radical (unpaired) electrons. The molecule has 4 heteroatoms. The molecule has 0 N–H and O–H groups in total. The number of nitrogens with zero attached hydrogens (tertiary/aromatic N) is 3. The first-order valence-corrected chi connectivity index (χ1v) is 17.9. The molecule has 8 aromatic carbocycles. The summed E-state index contributed by atoms with van der Waals surface area (Å²) < 4.78 is 7.61. The summed E-state index contributed by atoms with van der Waals surface area (Å²) in [6.07, 6.45) is 0. The topological polar surface area (TPSA) is 12.1 Å². The Bertz CT molecular complexity index is 3340. The molecular formula is C46H27N3S. The van der Waals surface area contributed by atoms with Gasteiger partial charge in [0.05, 0.1) is 38.8 Å². The van der Waals surface area contributed by atoms with E-state index in [1.165, 1.54) is 91.3 Å². The van der Waals surface area contributed by atoms with E-state index < -0.39 is 0 Å². The molecule has 4 aromatic heterocycles. The quantitative estimate of drug-likeness (QED) is 0.173. The number of para-hydroxylation sites is 2. The number of rotatable bonds is 3. The van der Waals surface area contributed by atoms with E-state index in [1.54, 1.807) is 0 Å². The van der Waals surface area contributed by atoms with Gasteiger partial charge in [0.2, 0.25) is 0 Å². The second-order valence-corrected chi connectivity index (χ2v) is 14.4. The van der Waals surface area contributed by atoms with Crippen LogP contribution in [0.4, 0.5) is 17.1 Å². The lowest BCUT2D eigenvalue weighted by Crippen LogP contribution is -2.11. The Morgan fingerprint density at radius 2 is 0.980 bits per heavy atom. The average Bonchev–Trinajstić information content (AvgIpc) is 3.83. The summed E-state index contributed by atoms with van der Waals surface area (Å²) in [7, 11) is 0. The van der Waals surface area contributed by atoms with Crippen LogP contribution in [-0.2, 0) is 0 Å². The molecule has 0 aliphatic carbocycles. The molecule has 12 rings (SSSR count). The standard InChI is InChI=1S/C46H27N3S/c1-2-11-29-26-30(21-20-28(29)10-1)47(40-17-9-19-43-44(40)36-14-5-8-18-42(36)50-43)31-22-25-39-41(27-31)49-38-16-7-4-13-33(38)35-24-23-34-32-12-3-6-15-37(32)48(39)45(34)46(35)49/h1-27H. The van der Waals surface area contributed by atoms with Gasteiger partial charge in [-0.05, 0) is 71.4 Å². The molecule has 12 aromatic rings. The van der Waals surface area contributed by atoms with Crippen LogP contribution < -0.4 is 4.90 Å². The van der Waals surface area contributed by atoms with Gasteiger partial charge in [0, 0.05) is 53.1 Å². The summed E-state index contributed by atoms with van der Waals surface area (Å²) >= 11 is 1.87. The van der Waals surface area contributed by atoms with Crippen LogP contribution in [0.25, 0.3) is 85.6 Å². The molecule has 232 valence electrons. The highest BCUT2D eigenvalue weighted by atomic mass is 32.1. The number of fused-ring (bicyclic) bond motifs is 13. The maximum Gasteiger partial charge on any atom is 0.0789 e. The van der Waals surface area contributed by atoms with Gasteiger partial charge in [-0.3, -0.25) is 0 Å². The molecule has 0 aliphatic heterocycles. The maximum absolute atomic E-state index is 2.52. The van der Waals surface area contributed by atoms with Gasteiger partial charge in [-0.2, -0.15) is 0 Å². The summed E-state index contributed by atoms with van der Waals surface area (Å²) in [5.74, 6) is 0. The Morgan fingerprint density at radius 3 is 1.76 bits per heavy atom. The fourth-order valence-electron chi connectivity index (χ4n) is 8.71. The Morgan fingerprint density at radius 1 is 0.380 bits per heavy atom. The number of thiophene rings is 1. The third kappa shape index (κ3) is 3.38. The molecule has 0 saturated carbocycles. The predicted octanol–water partition coefficient (Wildman–Crippen LogP) is 13.2. The van der Waals surface area contributed by atoms with Gasteiger partial charge in [-0.25, -0.2) is 0 Å². The van der Waals surface area contributed by atoms with Gasteiger partial charge < -0.3 is 13.7 Å². The van der Waals surface area contributed by atoms with Crippen LogP contribution in [-0.4, -0.2) is 8.80 Å². The van der Waals surface area contributed by atoms with Crippen molar-refractivity contribution in [3.8, 4) is 0 Å². The Kier molecular flexibility index (Phi) is 5.12. The summed E-state index contributed by atoms with van der Waals surface area (Å²) in [5.41, 5.74) is 10.8. The molecule has 50 heavy (non-hydrogen) atoms. The molecule has 0 fully saturated rings. The van der Waals surface area contributed by atoms with Gasteiger partial charge in [0.25, 0.3) is 0 Å². The normalized spacial score (nSPS) is 12.4. The van der Waals surface area contributed by atoms with Crippen molar-refractivity contribution in [3.63, 3.8) is 0 Å². The summed E-state index contributed by atoms with van der Waals surface area (Å²) in [6.45, 7) is 0. The van der Waals surface area contributed by atoms with Crippen LogP contribution in [0.2, 0.25) is 0 Å². The van der Waals surface area contributed by atoms with Crippen molar-refractivity contribution in [2.24, 2.45) is 0 Å². The lowest BCUT2D eigenvalue weighted by atomic mass is 10.1. The largest absolute Gasteiger partial charge is 0.310 e. The van der Waals surface area contributed by atoms with E-state index in [0.717, 1.165) is 11.4 Å². The summed E-state index contributed by atoms with van der Waals surface area (Å²) in [5, 5.41) is 10.2. The number of aromatic nitrogens is 2. The molecule has 0 amide bonds. The second kappa shape index (κ2) is 9.63. The maximum atomic E-state index is 2.52. The second-order valence-electron chi connectivity index (χ2n) is 13.4.